The van der Waals surface area contributed by atoms with Gasteiger partial charge in [-0.2, -0.15) is 0 Å². The van der Waals surface area contributed by atoms with E-state index in [1.807, 2.05) is 30.3 Å². The Morgan fingerprint density at radius 2 is 1.79 bits per heavy atom. The van der Waals surface area contributed by atoms with E-state index in [1.165, 1.54) is 17.8 Å². The molecule has 1 aliphatic heterocycles. The number of rotatable bonds is 4. The van der Waals surface area contributed by atoms with Crippen molar-refractivity contribution in [2.75, 3.05) is 5.32 Å². The lowest BCUT2D eigenvalue weighted by molar-refractivity contribution is -0.118. The van der Waals surface area contributed by atoms with E-state index in [0.717, 1.165) is 11.3 Å². The first-order valence-electron chi connectivity index (χ1n) is 10.9. The number of allylic oxidation sites excluding steroid dienone is 2. The normalized spacial score (nSPS) is 19.0. The highest BCUT2D eigenvalue weighted by atomic mass is 32.2. The molecular formula is C26H24FN3O2S. The summed E-state index contributed by atoms with van der Waals surface area (Å²) in [5, 5.41) is 3.72. The van der Waals surface area contributed by atoms with Crippen LogP contribution in [0.2, 0.25) is 0 Å². The lowest BCUT2D eigenvalue weighted by Gasteiger charge is -2.38. The fourth-order valence-electron chi connectivity index (χ4n) is 4.70. The molecule has 1 aliphatic carbocycles. The molecule has 0 spiro atoms. The number of ketones is 1. The number of thioether (sulfide) groups is 1. The van der Waals surface area contributed by atoms with Gasteiger partial charge in [-0.1, -0.05) is 74.1 Å². The van der Waals surface area contributed by atoms with Crippen LogP contribution in [0.3, 0.4) is 0 Å². The maximum Gasteiger partial charge on any atom is 0.257 e. The number of anilines is 1. The Morgan fingerprint density at radius 1 is 1.06 bits per heavy atom. The maximum absolute atomic E-state index is 14.0. The second kappa shape index (κ2) is 8.30. The molecule has 0 saturated heterocycles. The summed E-state index contributed by atoms with van der Waals surface area (Å²) in [7, 11) is 0. The maximum atomic E-state index is 14.0. The number of aromatic nitrogens is 2. The van der Waals surface area contributed by atoms with Crippen LogP contribution in [0.15, 0.2) is 75.8 Å². The highest BCUT2D eigenvalue weighted by molar-refractivity contribution is 7.98. The molecule has 5 nitrogen and oxygen atoms in total. The second-order valence-corrected chi connectivity index (χ2v) is 10.3. The van der Waals surface area contributed by atoms with Crippen LogP contribution >= 0.6 is 11.8 Å². The zero-order valence-corrected chi connectivity index (χ0v) is 19.3. The summed E-state index contributed by atoms with van der Waals surface area (Å²) < 4.78 is 14.0. The van der Waals surface area contributed by atoms with E-state index < -0.39 is 5.92 Å². The van der Waals surface area contributed by atoms with Gasteiger partial charge in [0.15, 0.2) is 10.9 Å². The molecule has 0 fully saturated rings. The monoisotopic (exact) mass is 461 g/mol. The Morgan fingerprint density at radius 3 is 2.55 bits per heavy atom. The first-order valence-corrected chi connectivity index (χ1v) is 11.9. The summed E-state index contributed by atoms with van der Waals surface area (Å²) in [5.41, 5.74) is 2.91. The molecule has 0 amide bonds. The summed E-state index contributed by atoms with van der Waals surface area (Å²) in [5.74, 6) is 0.113. The number of halogens is 1. The molecule has 7 heteroatoms. The molecule has 2 heterocycles. The van der Waals surface area contributed by atoms with E-state index in [2.05, 4.69) is 29.1 Å². The van der Waals surface area contributed by atoms with Crippen molar-refractivity contribution in [1.82, 2.24) is 9.97 Å². The van der Waals surface area contributed by atoms with Crippen molar-refractivity contribution in [3.8, 4) is 0 Å². The molecule has 5 rings (SSSR count). The number of carbonyl (C=O) groups is 1. The minimum atomic E-state index is -0.470. The van der Waals surface area contributed by atoms with Gasteiger partial charge in [0.05, 0.1) is 5.56 Å². The van der Waals surface area contributed by atoms with Crippen molar-refractivity contribution in [3.05, 3.63) is 98.7 Å². The lowest BCUT2D eigenvalue weighted by Crippen LogP contribution is -2.37. The number of H-pyrrole nitrogens is 1. The van der Waals surface area contributed by atoms with Crippen LogP contribution in [-0.4, -0.2) is 15.8 Å². The summed E-state index contributed by atoms with van der Waals surface area (Å²) in [6, 6.07) is 16.2. The van der Waals surface area contributed by atoms with E-state index in [0.29, 0.717) is 46.3 Å². The van der Waals surface area contributed by atoms with Crippen LogP contribution in [0.5, 0.6) is 0 Å². The van der Waals surface area contributed by atoms with Gasteiger partial charge in [-0.25, -0.2) is 9.37 Å². The van der Waals surface area contributed by atoms with E-state index in [9.17, 15) is 14.0 Å². The van der Waals surface area contributed by atoms with E-state index >= 15 is 0 Å². The minimum Gasteiger partial charge on any atom is -0.343 e. The van der Waals surface area contributed by atoms with Crippen LogP contribution in [-0.2, 0) is 10.5 Å². The number of benzene rings is 2. The fourth-order valence-corrected chi connectivity index (χ4v) is 5.55. The quantitative estimate of drug-likeness (QED) is 0.402. The number of Topliss-reactive ketones (excluding diaryl/α,β-unsaturated/α-hetero) is 1. The largest absolute Gasteiger partial charge is 0.343 e. The molecule has 168 valence electrons. The Kier molecular flexibility index (Phi) is 5.44. The van der Waals surface area contributed by atoms with Gasteiger partial charge in [-0.15, -0.1) is 0 Å². The summed E-state index contributed by atoms with van der Waals surface area (Å²) in [6.45, 7) is 4.15. The highest BCUT2D eigenvalue weighted by Crippen LogP contribution is 2.47. The highest BCUT2D eigenvalue weighted by Gasteiger charge is 2.42. The number of nitrogens with one attached hydrogen (secondary N) is 2. The van der Waals surface area contributed by atoms with Gasteiger partial charge in [-0.05, 0) is 29.0 Å². The average molecular weight is 462 g/mol. The Labute approximate surface area is 195 Å². The van der Waals surface area contributed by atoms with Gasteiger partial charge >= 0.3 is 0 Å². The molecule has 2 aromatic carbocycles. The summed E-state index contributed by atoms with van der Waals surface area (Å²) >= 11 is 1.27. The number of hydrogen-bond donors (Lipinski definition) is 2. The molecular weight excluding hydrogens is 437 g/mol. The predicted molar refractivity (Wildman–Crippen MR) is 128 cm³/mol. The number of aromatic amines is 1. The predicted octanol–water partition coefficient (Wildman–Crippen LogP) is 5.40. The van der Waals surface area contributed by atoms with Crippen molar-refractivity contribution in [1.29, 1.82) is 0 Å². The van der Waals surface area contributed by atoms with Gasteiger partial charge in [0.2, 0.25) is 0 Å². The van der Waals surface area contributed by atoms with Crippen LogP contribution in [0, 0.1) is 11.2 Å². The van der Waals surface area contributed by atoms with Crippen LogP contribution in [0.4, 0.5) is 10.2 Å². The topological polar surface area (TPSA) is 74.8 Å². The molecule has 0 radical (unpaired) electrons. The van der Waals surface area contributed by atoms with Crippen molar-refractivity contribution in [2.24, 2.45) is 5.41 Å². The smallest absolute Gasteiger partial charge is 0.257 e. The first kappa shape index (κ1) is 21.6. The van der Waals surface area contributed by atoms with Crippen molar-refractivity contribution in [3.63, 3.8) is 0 Å². The van der Waals surface area contributed by atoms with E-state index in [4.69, 9.17) is 0 Å². The molecule has 1 aromatic heterocycles. The first-order chi connectivity index (χ1) is 15.8. The SMILES string of the molecule is CC1(C)CC(=O)C2=C(C1)Nc1nc(SCc3ccccc3F)[nH]c(=O)c1C2c1ccccc1. The van der Waals surface area contributed by atoms with Crippen LogP contribution < -0.4 is 10.9 Å². The molecule has 1 unspecified atom stereocenters. The lowest BCUT2D eigenvalue weighted by atomic mass is 9.69. The summed E-state index contributed by atoms with van der Waals surface area (Å²) in [4.78, 5) is 34.1. The zero-order valence-electron chi connectivity index (χ0n) is 18.4. The second-order valence-electron chi connectivity index (χ2n) is 9.32. The third-order valence-electron chi connectivity index (χ3n) is 6.16. The molecule has 0 saturated carbocycles. The van der Waals surface area contributed by atoms with E-state index in [-0.39, 0.29) is 22.6 Å². The van der Waals surface area contributed by atoms with Crippen molar-refractivity contribution < 1.29 is 9.18 Å². The molecule has 2 N–H and O–H groups in total. The Balaban J connectivity index is 1.58. The molecule has 3 aromatic rings. The zero-order chi connectivity index (χ0) is 23.2. The van der Waals surface area contributed by atoms with Crippen LogP contribution in [0.25, 0.3) is 0 Å². The number of hydrogen-bond acceptors (Lipinski definition) is 5. The van der Waals surface area contributed by atoms with Gasteiger partial charge in [0.25, 0.3) is 5.56 Å². The average Bonchev–Trinajstić information content (AvgIpc) is 2.77. The minimum absolute atomic E-state index is 0.0608. The van der Waals surface area contributed by atoms with Gasteiger partial charge in [0, 0.05) is 29.4 Å². The van der Waals surface area contributed by atoms with Crippen molar-refractivity contribution in [2.45, 2.75) is 43.5 Å². The van der Waals surface area contributed by atoms with Crippen molar-refractivity contribution >= 4 is 23.4 Å². The molecule has 0 bridgehead atoms. The Hall–Kier alpha value is -3.19. The van der Waals surface area contributed by atoms with Gasteiger partial charge in [0.1, 0.15) is 11.6 Å². The van der Waals surface area contributed by atoms with Gasteiger partial charge in [-0.3, -0.25) is 9.59 Å². The standard InChI is InChI=1S/C26H24FN3O2S/c1-26(2)12-18-21(19(31)13-26)20(15-8-4-3-5-9-15)22-23(28-18)29-25(30-24(22)32)33-14-16-10-6-7-11-17(16)27/h3-11,20H,12-14H2,1-2H3,(H2,28,29,30,32). The fraction of sp³-hybridized carbons (Fsp3) is 0.269. The molecule has 2 aliphatic rings. The van der Waals surface area contributed by atoms with E-state index in [1.54, 1.807) is 18.2 Å². The van der Waals surface area contributed by atoms with Crippen LogP contribution in [0.1, 0.15) is 49.3 Å². The number of carbonyl (C=O) groups excluding carboxylic acids is 1. The third kappa shape index (κ3) is 4.13. The number of fused-ring (bicyclic) bond motifs is 1. The molecule has 33 heavy (non-hydrogen) atoms. The number of nitrogens with zero attached hydrogens (tertiary/aromatic N) is 1. The molecule has 1 atom stereocenters. The summed E-state index contributed by atoms with van der Waals surface area (Å²) in [6.07, 6.45) is 1.14. The third-order valence-corrected chi connectivity index (χ3v) is 7.08. The Bertz CT molecular complexity index is 1330. The van der Waals surface area contributed by atoms with Gasteiger partial charge < -0.3 is 10.3 Å².